The van der Waals surface area contributed by atoms with Crippen LogP contribution in [0.4, 0.5) is 49.1 Å². The molecule has 0 saturated carbocycles. The SMILES string of the molecule is COCN(c1cc(Cl)cnc1C(=O)c1ccccc1[N+](=O)[O-])S(=O)(=O)c1ccc(Cl)c(C(F)(F)F)c1.COCN(c1cc(Cl)cnc1C(O)c1ccccc1[N+](=O)[O-])S(=O)(=O)c1ccc(Cl)c(C(F)(F)F)c1. The van der Waals surface area contributed by atoms with Gasteiger partial charge in [0.2, 0.25) is 5.78 Å². The molecule has 0 aliphatic carbocycles. The Morgan fingerprint density at radius 3 is 1.57 bits per heavy atom. The maximum Gasteiger partial charge on any atom is 0.417 e. The van der Waals surface area contributed by atoms with Gasteiger partial charge in [0.05, 0.1) is 73.5 Å². The summed E-state index contributed by atoms with van der Waals surface area (Å²) in [6, 6.07) is 16.1. The zero-order valence-corrected chi connectivity index (χ0v) is 40.8. The van der Waals surface area contributed by atoms with Crippen LogP contribution in [-0.2, 0) is 41.9 Å². The van der Waals surface area contributed by atoms with Crippen LogP contribution in [0.3, 0.4) is 0 Å². The molecule has 6 rings (SSSR count). The van der Waals surface area contributed by atoms with Gasteiger partial charge >= 0.3 is 12.4 Å². The Bertz CT molecular complexity index is 3290. The monoisotopic (exact) mass is 1130 g/mol. The van der Waals surface area contributed by atoms with Gasteiger partial charge in [-0.25, -0.2) is 30.4 Å². The predicted octanol–water partition coefficient (Wildman–Crippen LogP) is 10.5. The minimum atomic E-state index is -4.96. The van der Waals surface area contributed by atoms with Crippen molar-refractivity contribution in [3.8, 4) is 0 Å². The normalized spacial score (nSPS) is 12.3. The number of anilines is 2. The second-order valence-electron chi connectivity index (χ2n) is 14.2. The molecule has 18 nitrogen and oxygen atoms in total. The van der Waals surface area contributed by atoms with Crippen molar-refractivity contribution in [1.29, 1.82) is 0 Å². The first-order valence-electron chi connectivity index (χ1n) is 19.3. The van der Waals surface area contributed by atoms with Crippen LogP contribution in [-0.4, -0.2) is 75.2 Å². The van der Waals surface area contributed by atoms with Crippen LogP contribution >= 0.6 is 46.4 Å². The molecule has 2 aromatic heterocycles. The predicted molar refractivity (Wildman–Crippen MR) is 248 cm³/mol. The lowest BCUT2D eigenvalue weighted by molar-refractivity contribution is -0.386. The minimum Gasteiger partial charge on any atom is -0.382 e. The van der Waals surface area contributed by atoms with Gasteiger partial charge in [-0.05, 0) is 60.7 Å². The molecular formula is C42H30Cl4F6N6O12S2. The summed E-state index contributed by atoms with van der Waals surface area (Å²) >= 11 is 23.2. The summed E-state index contributed by atoms with van der Waals surface area (Å²) in [5.74, 6) is -1.03. The standard InChI is InChI=1S/C21H16Cl2F3N3O6S.C21H14Cl2F3N3O6S/c2*1-35-11-28(36(33,34)13-6-7-16(23)15(9-13)21(24,25)26)18-8-12(22)10-27-19(18)20(30)14-4-2-3-5-17(14)29(31)32/h2-10,20,30H,11H2,1H3;2-10H,11H2,1H3. The van der Waals surface area contributed by atoms with E-state index in [9.17, 15) is 73.3 Å². The van der Waals surface area contributed by atoms with Crippen LogP contribution in [0, 0.1) is 20.2 Å². The van der Waals surface area contributed by atoms with Crippen molar-refractivity contribution < 1.29 is 72.4 Å². The van der Waals surface area contributed by atoms with Crippen LogP contribution in [0.5, 0.6) is 0 Å². The van der Waals surface area contributed by atoms with E-state index in [1.807, 2.05) is 0 Å². The fraction of sp³-hybridized carbons (Fsp3) is 0.167. The number of aliphatic hydroxyl groups is 1. The third-order valence-electron chi connectivity index (χ3n) is 9.64. The first-order valence-corrected chi connectivity index (χ1v) is 23.7. The molecule has 1 atom stereocenters. The lowest BCUT2D eigenvalue weighted by Gasteiger charge is -2.27. The molecule has 0 aliphatic rings. The summed E-state index contributed by atoms with van der Waals surface area (Å²) in [7, 11) is -7.39. The Balaban J connectivity index is 0.000000267. The second kappa shape index (κ2) is 22.7. The van der Waals surface area contributed by atoms with Crippen molar-refractivity contribution >= 4 is 95.0 Å². The Morgan fingerprint density at radius 2 is 1.10 bits per heavy atom. The molecular weight excluding hydrogens is 1100 g/mol. The van der Waals surface area contributed by atoms with Gasteiger partial charge < -0.3 is 14.6 Å². The van der Waals surface area contributed by atoms with Crippen LogP contribution in [0.1, 0.15) is 44.5 Å². The Hall–Kier alpha value is -6.23. The van der Waals surface area contributed by atoms with E-state index in [1.54, 1.807) is 0 Å². The molecule has 0 radical (unpaired) electrons. The van der Waals surface area contributed by atoms with E-state index < -0.39 is 127 Å². The van der Waals surface area contributed by atoms with Crippen molar-refractivity contribution in [3.63, 3.8) is 0 Å². The average Bonchev–Trinajstić information content (AvgIpc) is 3.31. The minimum absolute atomic E-state index is 0.0908. The number of carbonyl (C=O) groups is 1. The number of sulfonamides is 2. The number of halogens is 10. The molecule has 382 valence electrons. The number of aromatic nitrogens is 2. The summed E-state index contributed by atoms with van der Waals surface area (Å²) < 4.78 is 145. The third kappa shape index (κ3) is 12.5. The lowest BCUT2D eigenvalue weighted by Crippen LogP contribution is -2.34. The topological polar surface area (TPSA) is 243 Å². The van der Waals surface area contributed by atoms with Crippen molar-refractivity contribution in [1.82, 2.24) is 9.97 Å². The smallest absolute Gasteiger partial charge is 0.382 e. The molecule has 0 fully saturated rings. The second-order valence-corrected chi connectivity index (χ2v) is 19.6. The molecule has 2 heterocycles. The number of nitrogens with zero attached hydrogens (tertiary/aromatic N) is 6. The van der Waals surface area contributed by atoms with Crippen LogP contribution in [0.25, 0.3) is 0 Å². The van der Waals surface area contributed by atoms with E-state index in [4.69, 9.17) is 55.9 Å². The van der Waals surface area contributed by atoms with E-state index in [1.165, 1.54) is 30.3 Å². The molecule has 0 aliphatic heterocycles. The highest BCUT2D eigenvalue weighted by Crippen LogP contribution is 2.41. The number of ketones is 1. The zero-order chi connectivity index (χ0) is 53.7. The number of methoxy groups -OCH3 is 2. The van der Waals surface area contributed by atoms with Crippen LogP contribution in [0.15, 0.2) is 119 Å². The first-order chi connectivity index (χ1) is 33.6. The zero-order valence-electron chi connectivity index (χ0n) is 36.1. The van der Waals surface area contributed by atoms with Gasteiger partial charge in [-0.2, -0.15) is 26.3 Å². The number of nitro groups is 2. The highest BCUT2D eigenvalue weighted by Gasteiger charge is 2.39. The van der Waals surface area contributed by atoms with Crippen LogP contribution < -0.4 is 8.61 Å². The number of nitro benzene ring substituents is 2. The van der Waals surface area contributed by atoms with E-state index in [0.29, 0.717) is 20.7 Å². The summed E-state index contributed by atoms with van der Waals surface area (Å²) in [6.45, 7) is -1.50. The van der Waals surface area contributed by atoms with Crippen molar-refractivity contribution in [2.24, 2.45) is 0 Å². The van der Waals surface area contributed by atoms with Crippen LogP contribution in [0.2, 0.25) is 20.1 Å². The maximum absolute atomic E-state index is 13.5. The number of para-hydroxylation sites is 2. The molecule has 30 heteroatoms. The number of rotatable bonds is 16. The number of hydrogen-bond acceptors (Lipinski definition) is 14. The highest BCUT2D eigenvalue weighted by atomic mass is 35.5. The summed E-state index contributed by atoms with van der Waals surface area (Å²) in [5, 5.41) is 32.2. The molecule has 0 saturated heterocycles. The summed E-state index contributed by atoms with van der Waals surface area (Å²) in [5.41, 5.74) is -6.23. The number of hydrogen-bond donors (Lipinski definition) is 1. The lowest BCUT2D eigenvalue weighted by atomic mass is 10.0. The molecule has 0 bridgehead atoms. The fourth-order valence-corrected chi connectivity index (χ4v) is 9.99. The number of benzene rings is 4. The van der Waals surface area contributed by atoms with Gasteiger partial charge in [0.25, 0.3) is 31.4 Å². The average molecular weight is 1130 g/mol. The first kappa shape index (κ1) is 56.7. The van der Waals surface area contributed by atoms with Crippen molar-refractivity contribution in [2.75, 3.05) is 36.3 Å². The summed E-state index contributed by atoms with van der Waals surface area (Å²) in [4.78, 5) is 40.8. The molecule has 0 spiro atoms. The van der Waals surface area contributed by atoms with E-state index in [2.05, 4.69) is 9.97 Å². The van der Waals surface area contributed by atoms with Gasteiger partial charge in [0.15, 0.2) is 0 Å². The number of ether oxygens (including phenoxy) is 2. The van der Waals surface area contributed by atoms with Gasteiger partial charge in [-0.3, -0.25) is 30.0 Å². The van der Waals surface area contributed by atoms with Crippen molar-refractivity contribution in [2.45, 2.75) is 28.2 Å². The molecule has 6 aromatic rings. The quantitative estimate of drug-likeness (QED) is 0.0312. The van der Waals surface area contributed by atoms with E-state index in [0.717, 1.165) is 81.2 Å². The van der Waals surface area contributed by atoms with Gasteiger partial charge in [0.1, 0.15) is 30.8 Å². The van der Waals surface area contributed by atoms with Gasteiger partial charge in [-0.15, -0.1) is 0 Å². The fourth-order valence-electron chi connectivity index (χ4n) is 6.42. The van der Waals surface area contributed by atoms with Gasteiger partial charge in [0, 0.05) is 38.7 Å². The molecule has 0 amide bonds. The molecule has 1 unspecified atom stereocenters. The largest absolute Gasteiger partial charge is 0.417 e. The number of pyridine rings is 2. The number of carbonyl (C=O) groups excluding carboxylic acids is 1. The highest BCUT2D eigenvalue weighted by molar-refractivity contribution is 7.93. The maximum atomic E-state index is 13.5. The number of aliphatic hydroxyl groups excluding tert-OH is 1. The van der Waals surface area contributed by atoms with Gasteiger partial charge in [-0.1, -0.05) is 70.7 Å². The molecule has 72 heavy (non-hydrogen) atoms. The molecule has 4 aromatic carbocycles. The third-order valence-corrected chi connectivity index (χ3v) is 14.2. The van der Waals surface area contributed by atoms with E-state index in [-0.39, 0.29) is 27.0 Å². The number of alkyl halides is 6. The van der Waals surface area contributed by atoms with E-state index >= 15 is 0 Å². The molecule has 1 N–H and O–H groups in total. The Kier molecular flexibility index (Phi) is 17.9. The Morgan fingerprint density at radius 1 is 0.667 bits per heavy atom. The Labute approximate surface area is 423 Å². The summed E-state index contributed by atoms with van der Waals surface area (Å²) in [6.07, 6.45) is -9.64. The van der Waals surface area contributed by atoms with Crippen molar-refractivity contribution in [3.05, 3.63) is 183 Å².